The average molecular weight is 329 g/mol. The van der Waals surface area contributed by atoms with Crippen molar-refractivity contribution in [3.8, 4) is 10.8 Å². The molecule has 0 aliphatic carbocycles. The minimum atomic E-state index is 0.0123. The summed E-state index contributed by atoms with van der Waals surface area (Å²) >= 11 is 1.38. The topological polar surface area (TPSA) is 54.5 Å². The number of rotatable bonds is 4. The fourth-order valence-corrected chi connectivity index (χ4v) is 4.17. The van der Waals surface area contributed by atoms with Crippen molar-refractivity contribution < 1.29 is 9.53 Å². The van der Waals surface area contributed by atoms with Gasteiger partial charge in [-0.25, -0.2) is 0 Å². The number of hydrogen-bond donors (Lipinski definition) is 1. The summed E-state index contributed by atoms with van der Waals surface area (Å²) in [5.41, 5.74) is 0. The van der Waals surface area contributed by atoms with Crippen LogP contribution in [-0.4, -0.2) is 41.5 Å². The van der Waals surface area contributed by atoms with Gasteiger partial charge in [0.05, 0.1) is 4.88 Å². The molecule has 120 valence electrons. The third kappa shape index (κ3) is 3.23. The Bertz CT molecular complexity index is 680. The molecule has 1 N–H and O–H groups in total. The Hall–Kier alpha value is -1.92. The molecule has 0 aromatic carbocycles. The Morgan fingerprint density at radius 2 is 2.00 bits per heavy atom. The maximum Gasteiger partial charge on any atom is 0.261 e. The number of piperidine rings is 3. The van der Waals surface area contributed by atoms with Crippen LogP contribution in [0.1, 0.15) is 22.5 Å². The van der Waals surface area contributed by atoms with E-state index in [4.69, 9.17) is 4.74 Å². The predicted molar refractivity (Wildman–Crippen MR) is 89.0 cm³/mol. The highest BCUT2D eigenvalue weighted by atomic mass is 32.1. The Labute approximate surface area is 139 Å². The number of fused-ring (bicyclic) bond motifs is 3. The smallest absolute Gasteiger partial charge is 0.261 e. The molecule has 2 bridgehead atoms. The average Bonchev–Trinajstić information content (AvgIpc) is 3.05. The number of ether oxygens (including phenoxy) is 1. The minimum Gasteiger partial charge on any atom is -0.447 e. The second-order valence-corrected chi connectivity index (χ2v) is 7.17. The molecule has 2 aromatic rings. The molecule has 5 rings (SSSR count). The summed E-state index contributed by atoms with van der Waals surface area (Å²) in [7, 11) is 0. The van der Waals surface area contributed by atoms with Crippen molar-refractivity contribution in [3.63, 3.8) is 0 Å². The Balaban J connectivity index is 1.39. The van der Waals surface area contributed by atoms with Crippen LogP contribution in [0, 0.1) is 5.92 Å². The van der Waals surface area contributed by atoms with Crippen LogP contribution in [-0.2, 0) is 0 Å². The van der Waals surface area contributed by atoms with E-state index in [1.807, 2.05) is 12.1 Å². The van der Waals surface area contributed by atoms with Crippen LogP contribution in [0.15, 0.2) is 36.7 Å². The maximum atomic E-state index is 12.5. The van der Waals surface area contributed by atoms with Crippen LogP contribution < -0.4 is 10.1 Å². The third-order valence-electron chi connectivity index (χ3n) is 4.65. The van der Waals surface area contributed by atoms with E-state index in [1.54, 1.807) is 24.5 Å². The number of amides is 1. The van der Waals surface area contributed by atoms with Crippen molar-refractivity contribution in [1.82, 2.24) is 15.2 Å². The van der Waals surface area contributed by atoms with Gasteiger partial charge in [-0.1, -0.05) is 11.3 Å². The van der Waals surface area contributed by atoms with Gasteiger partial charge in [-0.3, -0.25) is 9.78 Å². The highest BCUT2D eigenvalue weighted by Gasteiger charge is 2.35. The van der Waals surface area contributed by atoms with Gasteiger partial charge in [-0.05, 0) is 56.1 Å². The summed E-state index contributed by atoms with van der Waals surface area (Å²) < 4.78 is 5.74. The zero-order chi connectivity index (χ0) is 15.6. The van der Waals surface area contributed by atoms with Crippen molar-refractivity contribution in [1.29, 1.82) is 0 Å². The fourth-order valence-electron chi connectivity index (χ4n) is 3.39. The van der Waals surface area contributed by atoms with E-state index >= 15 is 0 Å². The zero-order valence-electron chi connectivity index (χ0n) is 12.8. The quantitative estimate of drug-likeness (QED) is 0.937. The molecule has 3 aliphatic heterocycles. The van der Waals surface area contributed by atoms with Gasteiger partial charge in [-0.2, -0.15) is 0 Å². The van der Waals surface area contributed by atoms with Gasteiger partial charge in [0.1, 0.15) is 5.75 Å². The lowest BCUT2D eigenvalue weighted by atomic mass is 9.84. The molecule has 2 aromatic heterocycles. The summed E-state index contributed by atoms with van der Waals surface area (Å²) in [4.78, 5) is 19.6. The van der Waals surface area contributed by atoms with Gasteiger partial charge < -0.3 is 15.0 Å². The van der Waals surface area contributed by atoms with Gasteiger partial charge in [0, 0.05) is 25.0 Å². The van der Waals surface area contributed by atoms with E-state index in [2.05, 4.69) is 15.2 Å². The Morgan fingerprint density at radius 1 is 1.22 bits per heavy atom. The molecule has 3 saturated heterocycles. The molecule has 0 spiro atoms. The molecular weight excluding hydrogens is 310 g/mol. The molecule has 6 heteroatoms. The lowest BCUT2D eigenvalue weighted by Gasteiger charge is -2.44. The number of thiophene rings is 1. The molecule has 0 saturated carbocycles. The number of aromatic nitrogens is 1. The first-order valence-electron chi connectivity index (χ1n) is 7.99. The van der Waals surface area contributed by atoms with E-state index in [9.17, 15) is 4.79 Å². The number of nitrogens with one attached hydrogen (secondary N) is 1. The second kappa shape index (κ2) is 6.29. The normalized spacial score (nSPS) is 26.0. The van der Waals surface area contributed by atoms with Crippen molar-refractivity contribution in [2.75, 3.05) is 19.6 Å². The van der Waals surface area contributed by atoms with Gasteiger partial charge in [0.15, 0.2) is 5.06 Å². The molecule has 3 fully saturated rings. The molecule has 0 unspecified atom stereocenters. The van der Waals surface area contributed by atoms with E-state index in [-0.39, 0.29) is 11.9 Å². The molecule has 5 heterocycles. The summed E-state index contributed by atoms with van der Waals surface area (Å²) in [5, 5.41) is 3.93. The van der Waals surface area contributed by atoms with Crippen LogP contribution >= 0.6 is 11.3 Å². The van der Waals surface area contributed by atoms with Crippen molar-refractivity contribution in [2.24, 2.45) is 5.92 Å². The number of nitrogens with zero attached hydrogens (tertiary/aromatic N) is 2. The lowest BCUT2D eigenvalue weighted by Crippen LogP contribution is -2.57. The Kier molecular flexibility index (Phi) is 4.01. The summed E-state index contributed by atoms with van der Waals surface area (Å²) in [5.74, 6) is 1.38. The van der Waals surface area contributed by atoms with Crippen molar-refractivity contribution in [3.05, 3.63) is 41.5 Å². The van der Waals surface area contributed by atoms with Crippen LogP contribution in [0.3, 0.4) is 0 Å². The first-order chi connectivity index (χ1) is 11.3. The van der Waals surface area contributed by atoms with E-state index in [0.29, 0.717) is 10.8 Å². The summed E-state index contributed by atoms with van der Waals surface area (Å²) in [6.45, 7) is 3.35. The molecule has 1 atom stereocenters. The highest BCUT2D eigenvalue weighted by molar-refractivity contribution is 7.15. The van der Waals surface area contributed by atoms with Crippen LogP contribution in [0.4, 0.5) is 0 Å². The van der Waals surface area contributed by atoms with Crippen molar-refractivity contribution >= 4 is 17.2 Å². The molecule has 5 nitrogen and oxygen atoms in total. The van der Waals surface area contributed by atoms with E-state index < -0.39 is 0 Å². The van der Waals surface area contributed by atoms with Gasteiger partial charge in [0.2, 0.25) is 0 Å². The Morgan fingerprint density at radius 3 is 2.70 bits per heavy atom. The largest absolute Gasteiger partial charge is 0.447 e. The van der Waals surface area contributed by atoms with Crippen LogP contribution in [0.25, 0.3) is 0 Å². The third-order valence-corrected chi connectivity index (χ3v) is 5.61. The standard InChI is InChI=1S/C17H19N3O2S/c21-17(19-14-11-20-9-5-12(14)6-10-20)15-1-2-16(23-15)22-13-3-7-18-8-4-13/h1-4,7-8,12,14H,5-6,9-11H2,(H,19,21)/t14-/m0/s1. The maximum absolute atomic E-state index is 12.5. The first kappa shape index (κ1) is 14.7. The highest BCUT2D eigenvalue weighted by Crippen LogP contribution is 2.31. The van der Waals surface area contributed by atoms with Gasteiger partial charge in [0.25, 0.3) is 5.91 Å². The number of carbonyl (C=O) groups excluding carboxylic acids is 1. The SMILES string of the molecule is O=C(N[C@H]1CN2CCC1CC2)c1ccc(Oc2ccncc2)s1. The van der Waals surface area contributed by atoms with Gasteiger partial charge in [-0.15, -0.1) is 0 Å². The van der Waals surface area contributed by atoms with E-state index in [1.165, 1.54) is 37.3 Å². The molecular formula is C17H19N3O2S. The lowest BCUT2D eigenvalue weighted by molar-refractivity contribution is 0.0622. The van der Waals surface area contributed by atoms with Gasteiger partial charge >= 0.3 is 0 Å². The minimum absolute atomic E-state index is 0.0123. The number of hydrogen-bond acceptors (Lipinski definition) is 5. The zero-order valence-corrected chi connectivity index (χ0v) is 13.6. The van der Waals surface area contributed by atoms with Crippen molar-refractivity contribution in [2.45, 2.75) is 18.9 Å². The monoisotopic (exact) mass is 329 g/mol. The van der Waals surface area contributed by atoms with Crippen LogP contribution in [0.2, 0.25) is 0 Å². The summed E-state index contributed by atoms with van der Waals surface area (Å²) in [6.07, 6.45) is 5.77. The number of pyridine rings is 1. The second-order valence-electron chi connectivity index (χ2n) is 6.12. The molecule has 0 radical (unpaired) electrons. The molecule has 1 amide bonds. The fraction of sp³-hybridized carbons (Fsp3) is 0.412. The first-order valence-corrected chi connectivity index (χ1v) is 8.80. The molecule has 23 heavy (non-hydrogen) atoms. The van der Waals surface area contributed by atoms with Crippen LogP contribution in [0.5, 0.6) is 10.8 Å². The molecule has 3 aliphatic rings. The van der Waals surface area contributed by atoms with E-state index in [0.717, 1.165) is 17.4 Å². The predicted octanol–water partition coefficient (Wildman–Crippen LogP) is 2.76. The number of carbonyl (C=O) groups is 1. The summed E-state index contributed by atoms with van der Waals surface area (Å²) in [6, 6.07) is 7.56.